The zero-order valence-corrected chi connectivity index (χ0v) is 23.1. The van der Waals surface area contributed by atoms with Crippen molar-refractivity contribution in [1.82, 2.24) is 28.2 Å². The number of benzene rings is 1. The molecule has 11 nitrogen and oxygen atoms in total. The van der Waals surface area contributed by atoms with Crippen LogP contribution in [0.4, 0.5) is 15.7 Å². The van der Waals surface area contributed by atoms with E-state index in [4.69, 9.17) is 0 Å². The third kappa shape index (κ3) is 4.50. The van der Waals surface area contributed by atoms with Crippen LogP contribution in [-0.2, 0) is 15.8 Å². The average Bonchev–Trinajstić information content (AvgIpc) is 3.55. The molecule has 2 fully saturated rings. The van der Waals surface area contributed by atoms with E-state index in [0.717, 1.165) is 25.8 Å². The smallest absolute Gasteiger partial charge is 0.324 e. The molecule has 1 aromatic carbocycles. The summed E-state index contributed by atoms with van der Waals surface area (Å²) >= 11 is 2.61. The minimum absolute atomic E-state index is 0.124. The van der Waals surface area contributed by atoms with Gasteiger partial charge in [-0.1, -0.05) is 42.1 Å². The Morgan fingerprint density at radius 1 is 1.16 bits per heavy atom. The van der Waals surface area contributed by atoms with Gasteiger partial charge in [0.1, 0.15) is 12.1 Å². The van der Waals surface area contributed by atoms with Crippen LogP contribution in [0.15, 0.2) is 54.1 Å². The topological polar surface area (TPSA) is 126 Å². The maximum absolute atomic E-state index is 13.2. The quantitative estimate of drug-likeness (QED) is 0.346. The summed E-state index contributed by atoms with van der Waals surface area (Å²) in [6, 6.07) is 10.7. The summed E-state index contributed by atoms with van der Waals surface area (Å²) in [5, 5.41) is 4.70. The van der Waals surface area contributed by atoms with Gasteiger partial charge in [0.25, 0.3) is 0 Å². The highest BCUT2D eigenvalue weighted by Crippen LogP contribution is 2.41. The number of nitrogens with zero attached hydrogens (tertiary/aromatic N) is 7. The van der Waals surface area contributed by atoms with E-state index in [-0.39, 0.29) is 17.3 Å². The number of hydrogen-bond donors (Lipinski definition) is 1. The number of carbonyl (C=O) groups is 1. The van der Waals surface area contributed by atoms with Crippen LogP contribution in [0.1, 0.15) is 24.8 Å². The fourth-order valence-corrected chi connectivity index (χ4v) is 7.85. The Bertz CT molecular complexity index is 1590. The first-order valence-corrected chi connectivity index (χ1v) is 15.8. The zero-order chi connectivity index (χ0) is 26.3. The van der Waals surface area contributed by atoms with Crippen LogP contribution in [-0.4, -0.2) is 74.1 Å². The first-order valence-electron chi connectivity index (χ1n) is 12.2. The van der Waals surface area contributed by atoms with Crippen molar-refractivity contribution in [2.75, 3.05) is 36.1 Å². The molecule has 2 amide bonds. The third-order valence-corrected chi connectivity index (χ3v) is 10.1. The van der Waals surface area contributed by atoms with Crippen LogP contribution in [0.2, 0.25) is 0 Å². The number of amides is 2. The molecule has 1 unspecified atom stereocenters. The molecule has 2 aliphatic rings. The van der Waals surface area contributed by atoms with E-state index >= 15 is 0 Å². The van der Waals surface area contributed by atoms with Crippen molar-refractivity contribution in [3.63, 3.8) is 0 Å². The van der Waals surface area contributed by atoms with Crippen LogP contribution >= 0.6 is 23.3 Å². The van der Waals surface area contributed by atoms with Crippen molar-refractivity contribution in [3.8, 4) is 0 Å². The standard InChI is InChI=1S/C24H26N8O3S3/c1-36-22-27-21(37-29-22)28-23(33)31-13-10-24(31)9-5-11-30(15-24)19-18-8-12-32(20(18)26-16-25-19)38(34,35)14-17-6-3-2-4-7-17/h2-4,6-8,12,16H,5,9-11,13-15H2,1H3,(H,27,28,29,33). The number of piperidine rings is 1. The lowest BCUT2D eigenvalue weighted by atomic mass is 9.78. The second-order valence-corrected chi connectivity index (χ2v) is 12.8. The van der Waals surface area contributed by atoms with E-state index in [1.54, 1.807) is 24.4 Å². The lowest BCUT2D eigenvalue weighted by Crippen LogP contribution is -2.69. The van der Waals surface area contributed by atoms with Gasteiger partial charge in [0.05, 0.1) is 16.7 Å². The summed E-state index contributed by atoms with van der Waals surface area (Å²) in [6.07, 6.45) is 7.53. The molecule has 0 saturated carbocycles. The highest BCUT2D eigenvalue weighted by Gasteiger charge is 2.50. The molecule has 5 heterocycles. The number of aromatic nitrogens is 5. The molecular weight excluding hydrogens is 545 g/mol. The van der Waals surface area contributed by atoms with Gasteiger partial charge in [-0.2, -0.15) is 9.36 Å². The lowest BCUT2D eigenvalue weighted by Gasteiger charge is -2.56. The van der Waals surface area contributed by atoms with Gasteiger partial charge in [-0.15, -0.1) is 0 Å². The molecule has 6 rings (SSSR count). The summed E-state index contributed by atoms with van der Waals surface area (Å²) in [7, 11) is -3.68. The SMILES string of the molecule is CSc1nsc(NC(=O)N2CCC23CCCN(c2ncnc4c2ccn4S(=O)(=O)Cc2ccccc2)C3)n1. The van der Waals surface area contributed by atoms with E-state index < -0.39 is 10.0 Å². The molecule has 14 heteroatoms. The first kappa shape index (κ1) is 25.1. The maximum Gasteiger partial charge on any atom is 0.324 e. The minimum Gasteiger partial charge on any atom is -0.354 e. The summed E-state index contributed by atoms with van der Waals surface area (Å²) in [4.78, 5) is 30.4. The van der Waals surface area contributed by atoms with Gasteiger partial charge in [-0.25, -0.2) is 27.2 Å². The second-order valence-electron chi connectivity index (χ2n) is 9.46. The van der Waals surface area contributed by atoms with Crippen LogP contribution in [0.25, 0.3) is 11.0 Å². The Hall–Kier alpha value is -3.23. The van der Waals surface area contributed by atoms with Crippen LogP contribution < -0.4 is 10.2 Å². The molecule has 38 heavy (non-hydrogen) atoms. The van der Waals surface area contributed by atoms with Crippen molar-refractivity contribution in [2.45, 2.75) is 35.7 Å². The van der Waals surface area contributed by atoms with Gasteiger partial charge in [-0.05, 0) is 37.1 Å². The molecule has 2 aliphatic heterocycles. The van der Waals surface area contributed by atoms with Crippen LogP contribution in [0, 0.1) is 0 Å². The monoisotopic (exact) mass is 570 g/mol. The van der Waals surface area contributed by atoms with E-state index in [1.165, 1.54) is 33.6 Å². The molecule has 1 atom stereocenters. The highest BCUT2D eigenvalue weighted by atomic mass is 32.2. The van der Waals surface area contributed by atoms with Crippen molar-refractivity contribution >= 4 is 61.3 Å². The molecule has 4 aromatic rings. The number of urea groups is 1. The van der Waals surface area contributed by atoms with E-state index in [2.05, 4.69) is 29.5 Å². The van der Waals surface area contributed by atoms with Gasteiger partial charge in [0.2, 0.25) is 20.3 Å². The molecule has 0 aliphatic carbocycles. The Kier molecular flexibility index (Phi) is 6.48. The zero-order valence-electron chi connectivity index (χ0n) is 20.6. The number of rotatable bonds is 6. The summed E-state index contributed by atoms with van der Waals surface area (Å²) in [5.74, 6) is 0.560. The summed E-state index contributed by atoms with van der Waals surface area (Å²) in [5.41, 5.74) is 0.756. The third-order valence-electron chi connectivity index (χ3n) is 7.20. The molecule has 198 valence electrons. The molecule has 1 spiro atoms. The Labute approximate surface area is 228 Å². The van der Waals surface area contributed by atoms with Crippen LogP contribution in [0.5, 0.6) is 0 Å². The van der Waals surface area contributed by atoms with Crippen molar-refractivity contribution in [2.24, 2.45) is 0 Å². The lowest BCUT2D eigenvalue weighted by molar-refractivity contribution is 0.0183. The van der Waals surface area contributed by atoms with Gasteiger partial charge in [0.15, 0.2) is 5.65 Å². The Morgan fingerprint density at radius 2 is 2.00 bits per heavy atom. The van der Waals surface area contributed by atoms with Gasteiger partial charge in [0, 0.05) is 37.4 Å². The molecule has 3 aromatic heterocycles. The first-order chi connectivity index (χ1) is 18.4. The molecule has 0 bridgehead atoms. The molecule has 2 saturated heterocycles. The predicted molar refractivity (Wildman–Crippen MR) is 148 cm³/mol. The van der Waals surface area contributed by atoms with Crippen molar-refractivity contribution in [3.05, 3.63) is 54.5 Å². The largest absolute Gasteiger partial charge is 0.354 e. The number of anilines is 2. The van der Waals surface area contributed by atoms with Crippen molar-refractivity contribution in [1.29, 1.82) is 0 Å². The van der Waals surface area contributed by atoms with Gasteiger partial charge >= 0.3 is 6.03 Å². The Morgan fingerprint density at radius 3 is 2.74 bits per heavy atom. The maximum atomic E-state index is 13.2. The van der Waals surface area contributed by atoms with Crippen LogP contribution in [0.3, 0.4) is 0 Å². The Balaban J connectivity index is 1.24. The summed E-state index contributed by atoms with van der Waals surface area (Å²) < 4.78 is 31.9. The fourth-order valence-electron chi connectivity index (χ4n) is 5.32. The van der Waals surface area contributed by atoms with E-state index in [1.807, 2.05) is 29.4 Å². The highest BCUT2D eigenvalue weighted by molar-refractivity contribution is 7.98. The number of hydrogen-bond acceptors (Lipinski definition) is 10. The van der Waals surface area contributed by atoms with Gasteiger partial charge < -0.3 is 9.80 Å². The van der Waals surface area contributed by atoms with Crippen molar-refractivity contribution < 1.29 is 13.2 Å². The van der Waals surface area contributed by atoms with Gasteiger partial charge in [-0.3, -0.25) is 5.32 Å². The number of carbonyl (C=O) groups excluding carboxylic acids is 1. The van der Waals surface area contributed by atoms with E-state index in [9.17, 15) is 13.2 Å². The molecule has 0 radical (unpaired) electrons. The number of nitrogens with one attached hydrogen (secondary N) is 1. The molecular formula is C24H26N8O3S3. The van der Waals surface area contributed by atoms with E-state index in [0.29, 0.717) is 45.8 Å². The predicted octanol–water partition coefficient (Wildman–Crippen LogP) is 3.66. The second kappa shape index (κ2) is 9.82. The number of likely N-dealkylation sites (tertiary alicyclic amines) is 1. The number of thioether (sulfide) groups is 1. The fraction of sp³-hybridized carbons (Fsp3) is 0.375. The normalized spacial score (nSPS) is 19.6. The minimum atomic E-state index is -3.68. The average molecular weight is 571 g/mol. The number of fused-ring (bicyclic) bond motifs is 1. The summed E-state index contributed by atoms with van der Waals surface area (Å²) in [6.45, 7) is 2.04. The molecule has 1 N–H and O–H groups in total.